The van der Waals surface area contributed by atoms with Crippen LogP contribution in [-0.2, 0) is 14.3 Å². The summed E-state index contributed by atoms with van der Waals surface area (Å²) in [5.74, 6) is -0.588. The van der Waals surface area contributed by atoms with Crippen molar-refractivity contribution in [2.75, 3.05) is 20.3 Å². The lowest BCUT2D eigenvalue weighted by Gasteiger charge is -2.39. The normalized spacial score (nSPS) is 32.4. The fourth-order valence-electron chi connectivity index (χ4n) is 3.41. The third-order valence-electron chi connectivity index (χ3n) is 4.55. The van der Waals surface area contributed by atoms with E-state index in [0.29, 0.717) is 0 Å². The molecule has 0 bridgehead atoms. The van der Waals surface area contributed by atoms with Crippen molar-refractivity contribution in [2.24, 2.45) is 0 Å². The van der Waals surface area contributed by atoms with Crippen LogP contribution >= 0.6 is 0 Å². The lowest BCUT2D eigenvalue weighted by molar-refractivity contribution is -0.143. The number of rotatable bonds is 4. The molecule has 1 N–H and O–H groups in total. The van der Waals surface area contributed by atoms with Crippen LogP contribution in [0.1, 0.15) is 40.0 Å². The molecule has 22 heavy (non-hydrogen) atoms. The van der Waals surface area contributed by atoms with Gasteiger partial charge in [-0.15, -0.1) is 0 Å². The number of methoxy groups -OCH3 is 1. The van der Waals surface area contributed by atoms with E-state index in [0.717, 1.165) is 24.2 Å². The number of urea groups is 1. The Hall–Kier alpha value is -1.63. The van der Waals surface area contributed by atoms with E-state index < -0.39 is 17.5 Å². The molecule has 0 aromatic heterocycles. The second kappa shape index (κ2) is 6.24. The molecule has 4 amide bonds. The Morgan fingerprint density at radius 1 is 1.32 bits per heavy atom. The van der Waals surface area contributed by atoms with Gasteiger partial charge >= 0.3 is 6.03 Å². The number of carbonyl (C=O) groups excluding carboxylic acids is 3. The fraction of sp³-hybridized carbons (Fsp3) is 0.800. The molecule has 2 aliphatic rings. The molecule has 2 fully saturated rings. The van der Waals surface area contributed by atoms with Crippen molar-refractivity contribution in [3.05, 3.63) is 0 Å². The second-order valence-electron chi connectivity index (χ2n) is 6.52. The summed E-state index contributed by atoms with van der Waals surface area (Å²) in [5.41, 5.74) is -1.09. The molecular weight excluding hydrogens is 286 g/mol. The summed E-state index contributed by atoms with van der Waals surface area (Å²) >= 11 is 0. The van der Waals surface area contributed by atoms with Crippen LogP contribution in [0.3, 0.4) is 0 Å². The van der Waals surface area contributed by atoms with Crippen LogP contribution in [0.15, 0.2) is 0 Å². The van der Waals surface area contributed by atoms with E-state index in [-0.39, 0.29) is 31.1 Å². The van der Waals surface area contributed by atoms with Gasteiger partial charge in [-0.1, -0.05) is 0 Å². The molecule has 3 atom stereocenters. The number of imide groups is 1. The van der Waals surface area contributed by atoms with E-state index in [9.17, 15) is 14.4 Å². The van der Waals surface area contributed by atoms with Gasteiger partial charge in [0.2, 0.25) is 5.91 Å². The zero-order chi connectivity index (χ0) is 16.5. The summed E-state index contributed by atoms with van der Waals surface area (Å²) in [6.45, 7) is 5.49. The number of likely N-dealkylation sites (tertiary alicyclic amines) is 1. The van der Waals surface area contributed by atoms with Gasteiger partial charge in [-0.25, -0.2) is 4.79 Å². The maximum atomic E-state index is 12.6. The molecule has 7 heteroatoms. The first-order valence-corrected chi connectivity index (χ1v) is 7.74. The third kappa shape index (κ3) is 2.95. The minimum Gasteiger partial charge on any atom is -0.382 e. The first-order valence-electron chi connectivity index (χ1n) is 7.74. The Labute approximate surface area is 131 Å². The van der Waals surface area contributed by atoms with Gasteiger partial charge in [-0.05, 0) is 40.0 Å². The Morgan fingerprint density at radius 3 is 2.45 bits per heavy atom. The predicted molar refractivity (Wildman–Crippen MR) is 80.1 cm³/mol. The Morgan fingerprint density at radius 2 is 1.91 bits per heavy atom. The Bertz CT molecular complexity index is 471. The molecular formula is C15H25N3O4. The number of carbonyl (C=O) groups is 3. The highest BCUT2D eigenvalue weighted by atomic mass is 16.5. The van der Waals surface area contributed by atoms with E-state index in [2.05, 4.69) is 5.32 Å². The molecule has 0 aliphatic carbocycles. The Kier molecular flexibility index (Phi) is 4.75. The van der Waals surface area contributed by atoms with Crippen LogP contribution in [0.5, 0.6) is 0 Å². The van der Waals surface area contributed by atoms with E-state index in [1.54, 1.807) is 11.8 Å². The molecule has 124 valence electrons. The van der Waals surface area contributed by atoms with Gasteiger partial charge in [-0.3, -0.25) is 14.5 Å². The number of nitrogens with zero attached hydrogens (tertiary/aromatic N) is 2. The number of ether oxygens (including phenoxy) is 1. The van der Waals surface area contributed by atoms with Gasteiger partial charge in [-0.2, -0.15) is 0 Å². The largest absolute Gasteiger partial charge is 0.382 e. The van der Waals surface area contributed by atoms with Gasteiger partial charge in [0.25, 0.3) is 5.91 Å². The quantitative estimate of drug-likeness (QED) is 0.777. The minimum atomic E-state index is -1.09. The van der Waals surface area contributed by atoms with Gasteiger partial charge in [0, 0.05) is 19.2 Å². The van der Waals surface area contributed by atoms with Crippen LogP contribution in [0.2, 0.25) is 0 Å². The first kappa shape index (κ1) is 16.7. The standard InChI is InChI=1S/C15H25N3O4/c1-10-6-5-7-11(2)18(10)12(19)8-17-13(20)15(3,9-22-4)16-14(17)21/h10-11H,5-9H2,1-4H3,(H,16,21)/t10-,11-,15-/m0/s1. The van der Waals surface area contributed by atoms with Crippen molar-refractivity contribution in [3.63, 3.8) is 0 Å². The van der Waals surface area contributed by atoms with Crippen molar-refractivity contribution < 1.29 is 19.1 Å². The van der Waals surface area contributed by atoms with Crippen LogP contribution in [0.25, 0.3) is 0 Å². The first-order chi connectivity index (χ1) is 10.3. The van der Waals surface area contributed by atoms with Crippen LogP contribution in [-0.4, -0.2) is 65.5 Å². The average Bonchev–Trinajstić information content (AvgIpc) is 2.62. The van der Waals surface area contributed by atoms with E-state index in [1.165, 1.54) is 7.11 Å². The highest BCUT2D eigenvalue weighted by Crippen LogP contribution is 2.24. The van der Waals surface area contributed by atoms with Crippen LogP contribution in [0, 0.1) is 0 Å². The summed E-state index contributed by atoms with van der Waals surface area (Å²) in [4.78, 5) is 39.8. The number of hydrogen-bond donors (Lipinski definition) is 1. The number of amides is 4. The molecule has 2 heterocycles. The van der Waals surface area contributed by atoms with E-state index >= 15 is 0 Å². The molecule has 2 saturated heterocycles. The van der Waals surface area contributed by atoms with Crippen molar-refractivity contribution in [1.29, 1.82) is 0 Å². The summed E-state index contributed by atoms with van der Waals surface area (Å²) < 4.78 is 4.99. The lowest BCUT2D eigenvalue weighted by atomic mass is 9.97. The number of hydrogen-bond acceptors (Lipinski definition) is 4. The SMILES string of the molecule is COC[C@]1(C)NC(=O)N(CC(=O)N2[C@@H](C)CCC[C@@H]2C)C1=O. The van der Waals surface area contributed by atoms with Gasteiger partial charge in [0.15, 0.2) is 0 Å². The fourth-order valence-corrected chi connectivity index (χ4v) is 3.41. The molecule has 2 aliphatic heterocycles. The van der Waals surface area contributed by atoms with Crippen LogP contribution in [0.4, 0.5) is 4.79 Å². The molecule has 0 radical (unpaired) electrons. The number of nitrogens with one attached hydrogen (secondary N) is 1. The molecule has 7 nitrogen and oxygen atoms in total. The number of piperidine rings is 1. The van der Waals surface area contributed by atoms with Crippen molar-refractivity contribution in [2.45, 2.75) is 57.7 Å². The summed E-state index contributed by atoms with van der Waals surface area (Å²) in [6, 6.07) is -0.250. The van der Waals surface area contributed by atoms with Crippen LogP contribution < -0.4 is 5.32 Å². The highest BCUT2D eigenvalue weighted by molar-refractivity contribution is 6.08. The molecule has 0 aromatic rings. The topological polar surface area (TPSA) is 79.0 Å². The lowest BCUT2D eigenvalue weighted by Crippen LogP contribution is -2.52. The molecule has 0 saturated carbocycles. The minimum absolute atomic E-state index is 0.0821. The maximum absolute atomic E-state index is 12.6. The molecule has 0 unspecified atom stereocenters. The highest BCUT2D eigenvalue weighted by Gasteiger charge is 2.49. The smallest absolute Gasteiger partial charge is 0.325 e. The van der Waals surface area contributed by atoms with E-state index in [4.69, 9.17) is 4.74 Å². The summed E-state index contributed by atoms with van der Waals surface area (Å²) in [5, 5.41) is 2.60. The maximum Gasteiger partial charge on any atom is 0.325 e. The molecule has 2 rings (SSSR count). The second-order valence-corrected chi connectivity index (χ2v) is 6.52. The average molecular weight is 311 g/mol. The molecule has 0 aromatic carbocycles. The Balaban J connectivity index is 2.08. The predicted octanol–water partition coefficient (Wildman–Crippen LogP) is 0.733. The summed E-state index contributed by atoms with van der Waals surface area (Å²) in [7, 11) is 1.47. The van der Waals surface area contributed by atoms with Crippen molar-refractivity contribution in [3.8, 4) is 0 Å². The monoisotopic (exact) mass is 311 g/mol. The van der Waals surface area contributed by atoms with Crippen molar-refractivity contribution in [1.82, 2.24) is 15.1 Å². The van der Waals surface area contributed by atoms with Gasteiger partial charge in [0.1, 0.15) is 12.1 Å². The zero-order valence-electron chi connectivity index (χ0n) is 13.7. The van der Waals surface area contributed by atoms with Gasteiger partial charge in [0.05, 0.1) is 6.61 Å². The zero-order valence-corrected chi connectivity index (χ0v) is 13.7. The third-order valence-corrected chi connectivity index (χ3v) is 4.55. The molecule has 0 spiro atoms. The van der Waals surface area contributed by atoms with Gasteiger partial charge < -0.3 is 15.0 Å². The van der Waals surface area contributed by atoms with Crippen molar-refractivity contribution >= 4 is 17.8 Å². The van der Waals surface area contributed by atoms with E-state index in [1.807, 2.05) is 13.8 Å². The summed E-state index contributed by atoms with van der Waals surface area (Å²) in [6.07, 6.45) is 3.01.